The zero-order valence-corrected chi connectivity index (χ0v) is 11.9. The van der Waals surface area contributed by atoms with Gasteiger partial charge < -0.3 is 19.5 Å². The van der Waals surface area contributed by atoms with Gasteiger partial charge in [-0.05, 0) is 26.3 Å². The third kappa shape index (κ3) is 9.53. The van der Waals surface area contributed by atoms with Crippen molar-refractivity contribution >= 4 is 0 Å². The fourth-order valence-electron chi connectivity index (χ4n) is 1.42. The molecular weight excluding hydrogens is 218 g/mol. The molecule has 0 aromatic heterocycles. The molecule has 0 amide bonds. The molecule has 4 nitrogen and oxygen atoms in total. The zero-order chi connectivity index (χ0) is 13.0. The quantitative estimate of drug-likeness (QED) is 0.534. The van der Waals surface area contributed by atoms with Crippen LogP contribution in [-0.4, -0.2) is 52.2 Å². The van der Waals surface area contributed by atoms with E-state index in [4.69, 9.17) is 14.2 Å². The van der Waals surface area contributed by atoms with E-state index in [-0.39, 0.29) is 5.60 Å². The van der Waals surface area contributed by atoms with Crippen molar-refractivity contribution in [2.75, 3.05) is 46.6 Å². The van der Waals surface area contributed by atoms with Crippen molar-refractivity contribution in [2.24, 2.45) is 0 Å². The summed E-state index contributed by atoms with van der Waals surface area (Å²) in [7, 11) is 1.70. The Labute approximate surface area is 106 Å². The highest BCUT2D eigenvalue weighted by Crippen LogP contribution is 2.13. The van der Waals surface area contributed by atoms with Gasteiger partial charge in [0.05, 0.1) is 18.8 Å². The first kappa shape index (κ1) is 16.8. The van der Waals surface area contributed by atoms with E-state index in [1.807, 2.05) is 0 Å². The summed E-state index contributed by atoms with van der Waals surface area (Å²) >= 11 is 0. The third-order valence-electron chi connectivity index (χ3n) is 2.81. The van der Waals surface area contributed by atoms with Gasteiger partial charge in [-0.25, -0.2) is 0 Å². The fourth-order valence-corrected chi connectivity index (χ4v) is 1.42. The highest BCUT2D eigenvalue weighted by Gasteiger charge is 2.21. The second kappa shape index (κ2) is 11.0. The van der Waals surface area contributed by atoms with E-state index >= 15 is 0 Å². The summed E-state index contributed by atoms with van der Waals surface area (Å²) in [5.41, 5.74) is -0.0775. The van der Waals surface area contributed by atoms with E-state index in [9.17, 15) is 0 Å². The van der Waals surface area contributed by atoms with Gasteiger partial charge in [0, 0.05) is 26.9 Å². The summed E-state index contributed by atoms with van der Waals surface area (Å²) in [6, 6.07) is 0. The molecule has 0 radical (unpaired) electrons. The van der Waals surface area contributed by atoms with Gasteiger partial charge in [0.1, 0.15) is 0 Å². The summed E-state index contributed by atoms with van der Waals surface area (Å²) in [6.07, 6.45) is 1.95. The van der Waals surface area contributed by atoms with E-state index in [1.54, 1.807) is 7.11 Å². The van der Waals surface area contributed by atoms with Crippen LogP contribution in [0, 0.1) is 0 Å². The summed E-state index contributed by atoms with van der Waals surface area (Å²) in [5.74, 6) is 0. The number of methoxy groups -OCH3 is 1. The second-order valence-electron chi connectivity index (χ2n) is 4.39. The van der Waals surface area contributed by atoms with Crippen molar-refractivity contribution in [1.82, 2.24) is 5.32 Å². The van der Waals surface area contributed by atoms with Crippen LogP contribution < -0.4 is 5.32 Å². The predicted molar refractivity (Wildman–Crippen MR) is 70.5 cm³/mol. The largest absolute Gasteiger partial charge is 0.385 e. The van der Waals surface area contributed by atoms with Crippen molar-refractivity contribution in [3.63, 3.8) is 0 Å². The normalized spacial score (nSPS) is 14.8. The number of rotatable bonds is 12. The maximum atomic E-state index is 5.87. The maximum Gasteiger partial charge on any atom is 0.0776 e. The molecule has 1 atom stereocenters. The lowest BCUT2D eigenvalue weighted by Crippen LogP contribution is -2.40. The van der Waals surface area contributed by atoms with Crippen LogP contribution in [0.15, 0.2) is 0 Å². The molecule has 0 aromatic rings. The highest BCUT2D eigenvalue weighted by molar-refractivity contribution is 4.75. The Bertz CT molecular complexity index is 167. The number of ether oxygens (including phenoxy) is 3. The van der Waals surface area contributed by atoms with Crippen molar-refractivity contribution in [3.8, 4) is 0 Å². The molecule has 0 spiro atoms. The first-order valence-corrected chi connectivity index (χ1v) is 6.60. The van der Waals surface area contributed by atoms with Gasteiger partial charge in [-0.3, -0.25) is 0 Å². The van der Waals surface area contributed by atoms with Crippen LogP contribution in [0.3, 0.4) is 0 Å². The predicted octanol–water partition coefficient (Wildman–Crippen LogP) is 1.83. The molecule has 0 heterocycles. The SMILES string of the molecule is CCNCC(C)(CC)OCCOCCCOC. The van der Waals surface area contributed by atoms with Crippen LogP contribution in [0.25, 0.3) is 0 Å². The number of nitrogens with one attached hydrogen (secondary N) is 1. The Morgan fingerprint density at radius 3 is 2.41 bits per heavy atom. The molecule has 4 heteroatoms. The minimum atomic E-state index is -0.0775. The summed E-state index contributed by atoms with van der Waals surface area (Å²) in [6.45, 7) is 11.1. The summed E-state index contributed by atoms with van der Waals surface area (Å²) < 4.78 is 16.3. The Hall–Kier alpha value is -0.160. The van der Waals surface area contributed by atoms with Crippen molar-refractivity contribution in [3.05, 3.63) is 0 Å². The second-order valence-corrected chi connectivity index (χ2v) is 4.39. The molecule has 0 aromatic carbocycles. The highest BCUT2D eigenvalue weighted by atomic mass is 16.5. The third-order valence-corrected chi connectivity index (χ3v) is 2.81. The van der Waals surface area contributed by atoms with Crippen LogP contribution in [-0.2, 0) is 14.2 Å². The Balaban J connectivity index is 3.48. The van der Waals surface area contributed by atoms with E-state index in [2.05, 4.69) is 26.1 Å². The van der Waals surface area contributed by atoms with Crippen molar-refractivity contribution < 1.29 is 14.2 Å². The average Bonchev–Trinajstić information content (AvgIpc) is 2.35. The molecule has 0 aliphatic carbocycles. The van der Waals surface area contributed by atoms with Gasteiger partial charge in [0.2, 0.25) is 0 Å². The maximum absolute atomic E-state index is 5.87. The molecule has 0 saturated carbocycles. The molecule has 1 N–H and O–H groups in total. The first-order valence-electron chi connectivity index (χ1n) is 6.60. The molecule has 0 bridgehead atoms. The molecule has 0 saturated heterocycles. The Morgan fingerprint density at radius 2 is 1.82 bits per heavy atom. The molecule has 17 heavy (non-hydrogen) atoms. The lowest BCUT2D eigenvalue weighted by Gasteiger charge is -2.29. The molecule has 104 valence electrons. The van der Waals surface area contributed by atoms with Gasteiger partial charge in [-0.2, -0.15) is 0 Å². The molecular formula is C13H29NO3. The van der Waals surface area contributed by atoms with Gasteiger partial charge in [-0.1, -0.05) is 13.8 Å². The molecule has 0 aliphatic heterocycles. The van der Waals surface area contributed by atoms with E-state index in [0.29, 0.717) is 13.2 Å². The standard InChI is InChI=1S/C13H29NO3/c1-5-13(3,12-14-6-2)17-11-10-16-9-7-8-15-4/h14H,5-12H2,1-4H3. The van der Waals surface area contributed by atoms with Crippen molar-refractivity contribution in [2.45, 2.75) is 39.2 Å². The number of hydrogen-bond acceptors (Lipinski definition) is 4. The first-order chi connectivity index (χ1) is 8.18. The zero-order valence-electron chi connectivity index (χ0n) is 11.9. The van der Waals surface area contributed by atoms with Gasteiger partial charge in [-0.15, -0.1) is 0 Å². The molecule has 0 fully saturated rings. The molecule has 0 aliphatic rings. The summed E-state index contributed by atoms with van der Waals surface area (Å²) in [4.78, 5) is 0. The number of likely N-dealkylation sites (N-methyl/N-ethyl adjacent to an activating group) is 1. The molecule has 0 rings (SSSR count). The minimum absolute atomic E-state index is 0.0775. The van der Waals surface area contributed by atoms with Crippen LogP contribution in [0.1, 0.15) is 33.6 Å². The van der Waals surface area contributed by atoms with Crippen LogP contribution in [0.2, 0.25) is 0 Å². The van der Waals surface area contributed by atoms with Crippen LogP contribution >= 0.6 is 0 Å². The van der Waals surface area contributed by atoms with Crippen LogP contribution in [0.4, 0.5) is 0 Å². The lowest BCUT2D eigenvalue weighted by molar-refractivity contribution is -0.0584. The van der Waals surface area contributed by atoms with Crippen molar-refractivity contribution in [1.29, 1.82) is 0 Å². The van der Waals surface area contributed by atoms with E-state index in [1.165, 1.54) is 0 Å². The van der Waals surface area contributed by atoms with Gasteiger partial charge in [0.15, 0.2) is 0 Å². The number of hydrogen-bond donors (Lipinski definition) is 1. The molecule has 1 unspecified atom stereocenters. The topological polar surface area (TPSA) is 39.7 Å². The lowest BCUT2D eigenvalue weighted by atomic mass is 10.0. The Kier molecular flexibility index (Phi) is 10.9. The monoisotopic (exact) mass is 247 g/mol. The smallest absolute Gasteiger partial charge is 0.0776 e. The minimum Gasteiger partial charge on any atom is -0.385 e. The average molecular weight is 247 g/mol. The van der Waals surface area contributed by atoms with Gasteiger partial charge in [0.25, 0.3) is 0 Å². The summed E-state index contributed by atoms with van der Waals surface area (Å²) in [5, 5.41) is 3.33. The van der Waals surface area contributed by atoms with Crippen LogP contribution in [0.5, 0.6) is 0 Å². The van der Waals surface area contributed by atoms with E-state index in [0.717, 1.165) is 39.1 Å². The Morgan fingerprint density at radius 1 is 1.06 bits per heavy atom. The van der Waals surface area contributed by atoms with E-state index < -0.39 is 0 Å². The van der Waals surface area contributed by atoms with Gasteiger partial charge >= 0.3 is 0 Å². The fraction of sp³-hybridized carbons (Fsp3) is 1.00.